The third-order valence-electron chi connectivity index (χ3n) is 3.69. The van der Waals surface area contributed by atoms with Gasteiger partial charge in [-0.3, -0.25) is 9.59 Å². The summed E-state index contributed by atoms with van der Waals surface area (Å²) in [4.78, 5) is 24.9. The first kappa shape index (κ1) is 21.1. The molecule has 0 aliphatic carbocycles. The van der Waals surface area contributed by atoms with Gasteiger partial charge < -0.3 is 5.32 Å². The summed E-state index contributed by atoms with van der Waals surface area (Å²) >= 11 is 9.21. The molecule has 0 saturated heterocycles. The Labute approximate surface area is 172 Å². The van der Waals surface area contributed by atoms with Crippen molar-refractivity contribution in [3.63, 3.8) is 0 Å². The molecule has 0 spiro atoms. The van der Waals surface area contributed by atoms with Crippen LogP contribution in [0.5, 0.6) is 0 Å². The average Bonchev–Trinajstić information content (AvgIpc) is 2.63. The zero-order chi connectivity index (χ0) is 19.8. The second kappa shape index (κ2) is 10.2. The lowest BCUT2D eigenvalue weighted by Crippen LogP contribution is -2.46. The standard InChI is InChI=1S/C20H21BrClN3O2/c1-13(2)11-18(24-19(26)15-5-9-17(22)10-6-15)20(27)25-23-12-14-3-7-16(21)8-4-14/h3-10,12-13,18H,11H2,1-2H3,(H,24,26)(H,25,27)/b23-12+. The monoisotopic (exact) mass is 449 g/mol. The number of nitrogens with zero attached hydrogens (tertiary/aromatic N) is 1. The smallest absolute Gasteiger partial charge is 0.262 e. The van der Waals surface area contributed by atoms with E-state index in [1.807, 2.05) is 38.1 Å². The highest BCUT2D eigenvalue weighted by molar-refractivity contribution is 9.10. The number of nitrogens with one attached hydrogen (secondary N) is 2. The predicted molar refractivity (Wildman–Crippen MR) is 112 cm³/mol. The highest BCUT2D eigenvalue weighted by atomic mass is 79.9. The molecule has 27 heavy (non-hydrogen) atoms. The van der Waals surface area contributed by atoms with Crippen LogP contribution in [-0.2, 0) is 4.79 Å². The first-order valence-electron chi connectivity index (χ1n) is 8.50. The minimum absolute atomic E-state index is 0.224. The van der Waals surface area contributed by atoms with Crippen LogP contribution in [0.4, 0.5) is 0 Å². The van der Waals surface area contributed by atoms with Gasteiger partial charge in [0.05, 0.1) is 6.21 Å². The van der Waals surface area contributed by atoms with Crippen LogP contribution in [0.1, 0.15) is 36.2 Å². The molecule has 0 aliphatic heterocycles. The van der Waals surface area contributed by atoms with Crippen LogP contribution in [0.3, 0.4) is 0 Å². The maximum Gasteiger partial charge on any atom is 0.262 e. The third kappa shape index (κ3) is 7.15. The molecule has 1 unspecified atom stereocenters. The number of hydrazone groups is 1. The van der Waals surface area contributed by atoms with E-state index in [1.54, 1.807) is 30.5 Å². The van der Waals surface area contributed by atoms with E-state index >= 15 is 0 Å². The summed E-state index contributed by atoms with van der Waals surface area (Å²) in [6.07, 6.45) is 2.05. The van der Waals surface area contributed by atoms with Crippen LogP contribution in [0.25, 0.3) is 0 Å². The summed E-state index contributed by atoms with van der Waals surface area (Å²) in [5.41, 5.74) is 3.79. The molecule has 0 bridgehead atoms. The Bertz CT molecular complexity index is 805. The van der Waals surface area contributed by atoms with Crippen LogP contribution in [-0.4, -0.2) is 24.1 Å². The van der Waals surface area contributed by atoms with Crippen LogP contribution in [0, 0.1) is 5.92 Å². The first-order chi connectivity index (χ1) is 12.8. The Hall–Kier alpha value is -2.18. The Kier molecular flexibility index (Phi) is 8.00. The number of amides is 2. The van der Waals surface area contributed by atoms with Crippen molar-refractivity contribution in [2.75, 3.05) is 0 Å². The molecule has 5 nitrogen and oxygen atoms in total. The molecule has 2 N–H and O–H groups in total. The van der Waals surface area contributed by atoms with Gasteiger partial charge in [-0.05, 0) is 54.3 Å². The lowest BCUT2D eigenvalue weighted by Gasteiger charge is -2.19. The summed E-state index contributed by atoms with van der Waals surface area (Å²) < 4.78 is 0.964. The molecule has 2 rings (SSSR count). The van der Waals surface area contributed by atoms with E-state index in [0.29, 0.717) is 17.0 Å². The van der Waals surface area contributed by atoms with Crippen molar-refractivity contribution in [2.45, 2.75) is 26.3 Å². The molecule has 2 aromatic rings. The number of hydrogen-bond acceptors (Lipinski definition) is 3. The predicted octanol–water partition coefficient (Wildman–Crippen LogP) is 4.40. The first-order valence-corrected chi connectivity index (χ1v) is 9.67. The zero-order valence-corrected chi connectivity index (χ0v) is 17.4. The van der Waals surface area contributed by atoms with E-state index in [2.05, 4.69) is 31.8 Å². The van der Waals surface area contributed by atoms with Gasteiger partial charge in [-0.1, -0.05) is 53.5 Å². The van der Waals surface area contributed by atoms with Crippen molar-refractivity contribution in [3.8, 4) is 0 Å². The average molecular weight is 451 g/mol. The highest BCUT2D eigenvalue weighted by Crippen LogP contribution is 2.11. The molecule has 2 aromatic carbocycles. The largest absolute Gasteiger partial charge is 0.340 e. The number of hydrogen-bond donors (Lipinski definition) is 2. The Morgan fingerprint density at radius 2 is 1.74 bits per heavy atom. The highest BCUT2D eigenvalue weighted by Gasteiger charge is 2.22. The van der Waals surface area contributed by atoms with Gasteiger partial charge in [-0.2, -0.15) is 5.10 Å². The fourth-order valence-electron chi connectivity index (χ4n) is 2.34. The third-order valence-corrected chi connectivity index (χ3v) is 4.47. The molecule has 0 fully saturated rings. The number of rotatable bonds is 7. The molecular weight excluding hydrogens is 430 g/mol. The van der Waals surface area contributed by atoms with Crippen molar-refractivity contribution in [1.29, 1.82) is 0 Å². The van der Waals surface area contributed by atoms with E-state index in [9.17, 15) is 9.59 Å². The number of carbonyl (C=O) groups is 2. The molecule has 7 heteroatoms. The van der Waals surface area contributed by atoms with E-state index in [1.165, 1.54) is 0 Å². The number of carbonyl (C=O) groups excluding carboxylic acids is 2. The summed E-state index contributed by atoms with van der Waals surface area (Å²) in [5, 5.41) is 7.29. The Morgan fingerprint density at radius 1 is 1.11 bits per heavy atom. The minimum atomic E-state index is -0.685. The number of benzene rings is 2. The topological polar surface area (TPSA) is 70.6 Å². The van der Waals surface area contributed by atoms with Crippen LogP contribution in [0.15, 0.2) is 58.1 Å². The van der Waals surface area contributed by atoms with E-state index in [-0.39, 0.29) is 17.7 Å². The second-order valence-electron chi connectivity index (χ2n) is 6.45. The molecule has 0 heterocycles. The van der Waals surface area contributed by atoms with E-state index in [4.69, 9.17) is 11.6 Å². The van der Waals surface area contributed by atoms with Gasteiger partial charge in [0.2, 0.25) is 0 Å². The van der Waals surface area contributed by atoms with Crippen molar-refractivity contribution >= 4 is 45.6 Å². The second-order valence-corrected chi connectivity index (χ2v) is 7.80. The Morgan fingerprint density at radius 3 is 2.33 bits per heavy atom. The SMILES string of the molecule is CC(C)CC(NC(=O)c1ccc(Cl)cc1)C(=O)N/N=C/c1ccc(Br)cc1. The quantitative estimate of drug-likeness (QED) is 0.485. The fourth-order valence-corrected chi connectivity index (χ4v) is 2.73. The molecule has 2 amide bonds. The van der Waals surface area contributed by atoms with Gasteiger partial charge in [0.1, 0.15) is 6.04 Å². The normalized spacial score (nSPS) is 12.2. The molecule has 142 valence electrons. The van der Waals surface area contributed by atoms with Gasteiger partial charge >= 0.3 is 0 Å². The van der Waals surface area contributed by atoms with Gasteiger partial charge in [0.15, 0.2) is 0 Å². The molecule has 0 aromatic heterocycles. The van der Waals surface area contributed by atoms with Gasteiger partial charge in [0, 0.05) is 15.1 Å². The van der Waals surface area contributed by atoms with Crippen molar-refractivity contribution in [2.24, 2.45) is 11.0 Å². The van der Waals surface area contributed by atoms with Crippen LogP contribution >= 0.6 is 27.5 Å². The summed E-state index contributed by atoms with van der Waals surface area (Å²) in [6, 6.07) is 13.3. The molecule has 1 atom stereocenters. The van der Waals surface area contributed by atoms with Crippen molar-refractivity contribution < 1.29 is 9.59 Å². The van der Waals surface area contributed by atoms with E-state index < -0.39 is 6.04 Å². The fraction of sp³-hybridized carbons (Fsp3) is 0.250. The lowest BCUT2D eigenvalue weighted by molar-refractivity contribution is -0.123. The molecule has 0 saturated carbocycles. The van der Waals surface area contributed by atoms with Crippen molar-refractivity contribution in [3.05, 3.63) is 69.2 Å². The summed E-state index contributed by atoms with van der Waals surface area (Å²) in [7, 11) is 0. The van der Waals surface area contributed by atoms with Gasteiger partial charge in [-0.15, -0.1) is 0 Å². The Balaban J connectivity index is 2.01. The summed E-state index contributed by atoms with van der Waals surface area (Å²) in [5.74, 6) is -0.467. The summed E-state index contributed by atoms with van der Waals surface area (Å²) in [6.45, 7) is 3.97. The zero-order valence-electron chi connectivity index (χ0n) is 15.1. The van der Waals surface area contributed by atoms with Gasteiger partial charge in [-0.25, -0.2) is 5.43 Å². The molecule has 0 aliphatic rings. The lowest BCUT2D eigenvalue weighted by atomic mass is 10.0. The number of halogens is 2. The van der Waals surface area contributed by atoms with Gasteiger partial charge in [0.25, 0.3) is 11.8 Å². The maximum atomic E-state index is 12.5. The molecular formula is C20H21BrClN3O2. The maximum absolute atomic E-state index is 12.5. The van der Waals surface area contributed by atoms with Crippen LogP contribution < -0.4 is 10.7 Å². The van der Waals surface area contributed by atoms with Crippen molar-refractivity contribution in [1.82, 2.24) is 10.7 Å². The molecule has 0 radical (unpaired) electrons. The van der Waals surface area contributed by atoms with Crippen LogP contribution in [0.2, 0.25) is 5.02 Å². The minimum Gasteiger partial charge on any atom is -0.340 e. The van der Waals surface area contributed by atoms with E-state index in [0.717, 1.165) is 10.0 Å².